The summed E-state index contributed by atoms with van der Waals surface area (Å²) in [5.41, 5.74) is 2.42. The molecule has 0 fully saturated rings. The minimum absolute atomic E-state index is 0.0196. The molecule has 3 heterocycles. The summed E-state index contributed by atoms with van der Waals surface area (Å²) in [5, 5.41) is 25.8. The van der Waals surface area contributed by atoms with Gasteiger partial charge in [0.25, 0.3) is 10.0 Å². The highest BCUT2D eigenvalue weighted by Gasteiger charge is 2.31. The predicted octanol–water partition coefficient (Wildman–Crippen LogP) is 3.44. The lowest BCUT2D eigenvalue weighted by Gasteiger charge is -2.29. The molecule has 0 aliphatic heterocycles. The van der Waals surface area contributed by atoms with Crippen LogP contribution in [0.2, 0.25) is 10.2 Å². The topological polar surface area (TPSA) is 170 Å². The Kier molecular flexibility index (Phi) is 10.3. The lowest BCUT2D eigenvalue weighted by Crippen LogP contribution is -2.48. The maximum atomic E-state index is 13.2. The van der Waals surface area contributed by atoms with Gasteiger partial charge >= 0.3 is 0 Å². The number of sulfonamides is 1. The van der Waals surface area contributed by atoms with E-state index >= 15 is 0 Å². The second-order valence-electron chi connectivity index (χ2n) is 7.94. The van der Waals surface area contributed by atoms with Gasteiger partial charge < -0.3 is 25.7 Å². The molecule has 1 unspecified atom stereocenters. The van der Waals surface area contributed by atoms with Gasteiger partial charge in [0.05, 0.1) is 48.4 Å². The molecule has 4 rings (SSSR count). The number of rotatable bonds is 14. The summed E-state index contributed by atoms with van der Waals surface area (Å²) < 4.78 is 28.9. The summed E-state index contributed by atoms with van der Waals surface area (Å²) in [6, 6.07) is 9.90. The number of halogens is 2. The number of Topliss-reactive ketones (excluding diaryl/α,β-unsaturated/α-hetero) is 1. The fourth-order valence-electron chi connectivity index (χ4n) is 3.41. The number of carbonyl (C=O) groups excluding carboxylic acids is 1. The summed E-state index contributed by atoms with van der Waals surface area (Å²) >= 11 is 14.9. The fraction of sp³-hybridized carbons (Fsp3) is 0.217. The van der Waals surface area contributed by atoms with Gasteiger partial charge in [0.2, 0.25) is 0 Å². The van der Waals surface area contributed by atoms with Crippen LogP contribution in [0.25, 0.3) is 0 Å². The van der Waals surface area contributed by atoms with E-state index in [0.29, 0.717) is 26.4 Å². The Balaban J connectivity index is 1.58. The first kappa shape index (κ1) is 30.1. The van der Waals surface area contributed by atoms with Gasteiger partial charge in [0, 0.05) is 12.1 Å². The van der Waals surface area contributed by atoms with Crippen molar-refractivity contribution in [2.75, 3.05) is 41.8 Å². The molecule has 0 radical (unpaired) electrons. The summed E-state index contributed by atoms with van der Waals surface area (Å²) in [4.78, 5) is 26.3. The lowest BCUT2D eigenvalue weighted by molar-refractivity contribution is 0.101. The van der Waals surface area contributed by atoms with Crippen molar-refractivity contribution in [2.45, 2.75) is 11.2 Å². The number of ketones is 1. The number of nitrogens with one attached hydrogen (secondary N) is 3. The van der Waals surface area contributed by atoms with E-state index in [1.54, 1.807) is 24.3 Å². The Morgan fingerprint density at radius 1 is 1.12 bits per heavy atom. The van der Waals surface area contributed by atoms with Gasteiger partial charge in [-0.15, -0.1) is 11.3 Å². The molecule has 1 aromatic carbocycles. The summed E-state index contributed by atoms with van der Waals surface area (Å²) in [5.74, 6) is -0.155. The molecular weight excluding hydrogens is 621 g/mol. The number of hydrogen-bond donors (Lipinski definition) is 5. The average Bonchev–Trinajstić information content (AvgIpc) is 3.61. The monoisotopic (exact) mass is 643 g/mol. The molecule has 0 spiro atoms. The second-order valence-corrected chi connectivity index (χ2v) is 12.2. The molecule has 0 saturated carbocycles. The molecule has 0 saturated heterocycles. The van der Waals surface area contributed by atoms with Gasteiger partial charge in [-0.2, -0.15) is 4.72 Å². The number of anilines is 4. The largest absolute Gasteiger partial charge is 0.395 e. The second kappa shape index (κ2) is 13.6. The average molecular weight is 645 g/mol. The van der Waals surface area contributed by atoms with Crippen LogP contribution >= 0.6 is 45.9 Å². The van der Waals surface area contributed by atoms with Crippen LogP contribution in [-0.4, -0.2) is 71.8 Å². The minimum atomic E-state index is -4.29. The standard InChI is InChI=1S/C23H23Cl2N7O5S3/c24-15-8-19(28-9-16(15)27-6-7-33)40(36,37)31-18(12-34)32(20-11-26-13-38-20)22-21(25)30-23(39-22)29-10-17(35)14-4-2-1-3-5-14/h1-5,8-9,11,13,18,27,31,33-34H,6-7,10,12H2,(H,29,30). The zero-order valence-corrected chi connectivity index (χ0v) is 24.5. The van der Waals surface area contributed by atoms with E-state index in [9.17, 15) is 18.3 Å². The third kappa shape index (κ3) is 7.24. The zero-order chi connectivity index (χ0) is 28.7. The number of pyridine rings is 1. The third-order valence-corrected chi connectivity index (χ3v) is 9.08. The van der Waals surface area contributed by atoms with Crippen LogP contribution in [0.4, 0.5) is 20.8 Å². The normalized spacial score (nSPS) is 12.2. The molecule has 0 amide bonds. The lowest BCUT2D eigenvalue weighted by atomic mass is 10.1. The molecule has 0 aliphatic carbocycles. The molecule has 0 bridgehead atoms. The zero-order valence-electron chi connectivity index (χ0n) is 20.5. The van der Waals surface area contributed by atoms with Crippen molar-refractivity contribution in [2.24, 2.45) is 0 Å². The SMILES string of the molecule is O=C(CNc1nc(Cl)c(N(c2cncs2)C(CO)NS(=O)(=O)c2cc(Cl)c(NCCO)cn2)s1)c1ccccc1. The van der Waals surface area contributed by atoms with Crippen LogP contribution in [0, 0.1) is 0 Å². The van der Waals surface area contributed by atoms with E-state index in [-0.39, 0.29) is 40.7 Å². The van der Waals surface area contributed by atoms with Gasteiger partial charge in [-0.25, -0.2) is 18.4 Å². The Morgan fingerprint density at radius 2 is 1.90 bits per heavy atom. The van der Waals surface area contributed by atoms with E-state index < -0.39 is 22.8 Å². The van der Waals surface area contributed by atoms with Crippen molar-refractivity contribution in [1.29, 1.82) is 0 Å². The van der Waals surface area contributed by atoms with Crippen LogP contribution in [0.3, 0.4) is 0 Å². The summed E-state index contributed by atoms with van der Waals surface area (Å²) in [6.07, 6.45) is 1.48. The third-order valence-electron chi connectivity index (χ3n) is 5.25. The van der Waals surface area contributed by atoms with Gasteiger partial charge in [0.15, 0.2) is 21.1 Å². The predicted molar refractivity (Wildman–Crippen MR) is 157 cm³/mol. The molecule has 3 aromatic heterocycles. The molecule has 12 nitrogen and oxygen atoms in total. The first-order valence-electron chi connectivity index (χ1n) is 11.5. The summed E-state index contributed by atoms with van der Waals surface area (Å²) in [6.45, 7) is -0.650. The van der Waals surface area contributed by atoms with Crippen molar-refractivity contribution < 1.29 is 23.4 Å². The first-order chi connectivity index (χ1) is 19.2. The molecule has 4 aromatic rings. The maximum absolute atomic E-state index is 13.2. The maximum Gasteiger partial charge on any atom is 0.259 e. The van der Waals surface area contributed by atoms with E-state index in [2.05, 4.69) is 30.3 Å². The van der Waals surface area contributed by atoms with Crippen LogP contribution in [0.15, 0.2) is 59.3 Å². The smallest absolute Gasteiger partial charge is 0.259 e. The number of aromatic nitrogens is 3. The van der Waals surface area contributed by atoms with Gasteiger partial charge in [-0.05, 0) is 6.07 Å². The Bertz CT molecular complexity index is 1540. The van der Waals surface area contributed by atoms with Crippen LogP contribution in [0.5, 0.6) is 0 Å². The van der Waals surface area contributed by atoms with Crippen molar-refractivity contribution >= 4 is 82.5 Å². The van der Waals surface area contributed by atoms with Gasteiger partial charge in [-0.3, -0.25) is 9.78 Å². The van der Waals surface area contributed by atoms with E-state index in [4.69, 9.17) is 28.3 Å². The van der Waals surface area contributed by atoms with Crippen LogP contribution in [-0.2, 0) is 10.0 Å². The van der Waals surface area contributed by atoms with Gasteiger partial charge in [-0.1, -0.05) is 64.9 Å². The highest BCUT2D eigenvalue weighted by Crippen LogP contribution is 2.41. The number of aliphatic hydroxyl groups excluding tert-OH is 2. The van der Waals surface area contributed by atoms with E-state index in [0.717, 1.165) is 17.4 Å². The molecule has 0 aliphatic rings. The van der Waals surface area contributed by atoms with E-state index in [1.165, 1.54) is 34.1 Å². The van der Waals surface area contributed by atoms with Crippen LogP contribution < -0.4 is 20.3 Å². The molecule has 17 heteroatoms. The number of hydrogen-bond acceptors (Lipinski definition) is 13. The fourth-order valence-corrected chi connectivity index (χ4v) is 6.82. The van der Waals surface area contributed by atoms with Gasteiger partial charge in [0.1, 0.15) is 16.2 Å². The minimum Gasteiger partial charge on any atom is -0.395 e. The Hall–Kier alpha value is -2.89. The molecular formula is C23H23Cl2N7O5S3. The number of thiazole rings is 2. The first-order valence-corrected chi connectivity index (χ1v) is 15.5. The van der Waals surface area contributed by atoms with Crippen molar-refractivity contribution in [3.63, 3.8) is 0 Å². The molecule has 1 atom stereocenters. The quantitative estimate of drug-likeness (QED) is 0.101. The molecule has 5 N–H and O–H groups in total. The molecule has 212 valence electrons. The number of carbonyl (C=O) groups is 1. The highest BCUT2D eigenvalue weighted by atomic mass is 35.5. The Labute approximate surface area is 247 Å². The van der Waals surface area contributed by atoms with E-state index in [1.807, 2.05) is 6.07 Å². The summed E-state index contributed by atoms with van der Waals surface area (Å²) in [7, 11) is -4.29. The number of aliphatic hydroxyl groups is 2. The van der Waals surface area contributed by atoms with Crippen molar-refractivity contribution in [3.05, 3.63) is 70.0 Å². The van der Waals surface area contributed by atoms with Crippen molar-refractivity contribution in [1.82, 2.24) is 19.7 Å². The van der Waals surface area contributed by atoms with Crippen molar-refractivity contribution in [3.8, 4) is 0 Å². The molecule has 40 heavy (non-hydrogen) atoms. The number of benzene rings is 1. The Morgan fingerprint density at radius 3 is 2.55 bits per heavy atom. The highest BCUT2D eigenvalue weighted by molar-refractivity contribution is 7.89. The number of nitrogens with zero attached hydrogens (tertiary/aromatic N) is 4. The van der Waals surface area contributed by atoms with Crippen LogP contribution in [0.1, 0.15) is 10.4 Å².